The first kappa shape index (κ1) is 41.7. The van der Waals surface area contributed by atoms with Crippen molar-refractivity contribution in [1.29, 1.82) is 0 Å². The smallest absolute Gasteiger partial charge is 0.408 e. The molecule has 3 aliphatic heterocycles. The Bertz CT molecular complexity index is 2140. The van der Waals surface area contributed by atoms with Crippen LogP contribution >= 0.6 is 23.2 Å². The van der Waals surface area contributed by atoms with E-state index in [9.17, 15) is 37.5 Å². The molecule has 0 radical (unpaired) electrons. The Morgan fingerprint density at radius 3 is 2.43 bits per heavy atom. The van der Waals surface area contributed by atoms with Gasteiger partial charge in [-0.3, -0.25) is 23.9 Å². The summed E-state index contributed by atoms with van der Waals surface area (Å²) in [7, 11) is -3.94. The summed E-state index contributed by atoms with van der Waals surface area (Å²) in [6.07, 6.45) is 7.12. The number of benzene rings is 1. The number of carbonyl (C=O) groups is 5. The third-order valence-electron chi connectivity index (χ3n) is 11.5. The predicted octanol–water partition coefficient (Wildman–Crippen LogP) is 4.56. The van der Waals surface area contributed by atoms with Crippen LogP contribution in [0.15, 0.2) is 42.5 Å². The highest BCUT2D eigenvalue weighted by Gasteiger charge is 2.63. The number of allylic oxidation sites excluding steroid dienone is 1. The maximum atomic E-state index is 14.7. The van der Waals surface area contributed by atoms with Crippen LogP contribution in [0, 0.1) is 17.8 Å². The van der Waals surface area contributed by atoms with Crippen LogP contribution in [-0.4, -0.2) is 106 Å². The fraction of sp³-hybridized carbons (Fsp3) is 0.550. The molecule has 4 fully saturated rings. The van der Waals surface area contributed by atoms with Crippen molar-refractivity contribution in [1.82, 2.24) is 30.1 Å². The van der Waals surface area contributed by atoms with Gasteiger partial charge in [-0.1, -0.05) is 54.3 Å². The monoisotopic (exact) mass is 858 g/mol. The van der Waals surface area contributed by atoms with E-state index in [0.717, 1.165) is 12.8 Å². The largest absolute Gasteiger partial charge is 0.505 e. The highest BCUT2D eigenvalue weighted by molar-refractivity contribution is 7.91. The summed E-state index contributed by atoms with van der Waals surface area (Å²) in [4.78, 5) is 77.8. The molecule has 1 aromatic heterocycles. The number of halogens is 2. The predicted molar refractivity (Wildman–Crippen MR) is 214 cm³/mol. The average molecular weight is 860 g/mol. The highest BCUT2D eigenvalue weighted by Crippen LogP contribution is 2.47. The number of carbonyl (C=O) groups excluding carboxylic acids is 5. The van der Waals surface area contributed by atoms with E-state index in [2.05, 4.69) is 20.3 Å². The first-order valence-corrected chi connectivity index (χ1v) is 22.0. The Labute approximate surface area is 347 Å². The molecule has 2 saturated carbocycles. The number of nitrogens with zero attached hydrogens (tertiary/aromatic N) is 3. The lowest BCUT2D eigenvalue weighted by Crippen LogP contribution is -2.60. The van der Waals surface area contributed by atoms with Crippen molar-refractivity contribution in [3.63, 3.8) is 0 Å². The second-order valence-electron chi connectivity index (χ2n) is 17.0. The number of phenolic OH excluding ortho intramolecular Hbond substituents is 1. The van der Waals surface area contributed by atoms with Gasteiger partial charge >= 0.3 is 6.09 Å². The zero-order valence-corrected chi connectivity index (χ0v) is 34.8. The number of ether oxygens (including phenoxy) is 1. The van der Waals surface area contributed by atoms with Gasteiger partial charge < -0.3 is 30.3 Å². The number of aromatic nitrogens is 1. The average Bonchev–Trinajstić information content (AvgIpc) is 4.05. The Morgan fingerprint density at radius 1 is 1.02 bits per heavy atom. The van der Waals surface area contributed by atoms with Crippen molar-refractivity contribution in [3.05, 3.63) is 58.2 Å². The van der Waals surface area contributed by atoms with E-state index in [1.807, 2.05) is 12.2 Å². The number of likely N-dealkylation sites (tertiary alicyclic amines) is 1. The maximum Gasteiger partial charge on any atom is 0.408 e. The number of aromatic hydroxyl groups is 1. The second-order valence-corrected chi connectivity index (χ2v) is 19.8. The molecule has 7 rings (SSSR count). The van der Waals surface area contributed by atoms with Crippen LogP contribution in [0.1, 0.15) is 82.6 Å². The molecular formula is C40H48Cl2N6O9S. The van der Waals surface area contributed by atoms with E-state index in [0.29, 0.717) is 43.4 Å². The summed E-state index contributed by atoms with van der Waals surface area (Å²) in [5, 5.41) is 15.0. The first-order valence-electron chi connectivity index (χ1n) is 19.7. The van der Waals surface area contributed by atoms with Gasteiger partial charge in [0, 0.05) is 43.0 Å². The first-order chi connectivity index (χ1) is 27.4. The molecule has 2 aromatic rings. The van der Waals surface area contributed by atoms with E-state index in [4.69, 9.17) is 27.9 Å². The molecular weight excluding hydrogens is 811 g/mol. The number of fused-ring (bicyclic) bond motifs is 4. The molecule has 0 spiro atoms. The number of hydrogen-bond donors (Lipinski definition) is 4. The minimum Gasteiger partial charge on any atom is -0.505 e. The molecule has 5 aliphatic rings. The molecule has 58 heavy (non-hydrogen) atoms. The summed E-state index contributed by atoms with van der Waals surface area (Å²) >= 11 is 12.3. The molecule has 2 saturated heterocycles. The molecule has 1 aromatic carbocycles. The van der Waals surface area contributed by atoms with E-state index < -0.39 is 80.1 Å². The lowest BCUT2D eigenvalue weighted by Gasteiger charge is -2.33. The van der Waals surface area contributed by atoms with Gasteiger partial charge in [0.1, 0.15) is 28.9 Å². The zero-order chi connectivity index (χ0) is 41.7. The lowest BCUT2D eigenvalue weighted by molar-refractivity contribution is -0.142. The Balaban J connectivity index is 1.18. The number of amides is 5. The summed E-state index contributed by atoms with van der Waals surface area (Å²) in [5.74, 6) is -4.08. The van der Waals surface area contributed by atoms with Gasteiger partial charge in [0.25, 0.3) is 11.8 Å². The number of hydrogen-bond acceptors (Lipinski definition) is 10. The number of phenols is 1. The van der Waals surface area contributed by atoms with Crippen molar-refractivity contribution in [2.45, 2.75) is 101 Å². The molecule has 5 amide bonds. The van der Waals surface area contributed by atoms with Gasteiger partial charge in [-0.25, -0.2) is 18.2 Å². The Hall–Kier alpha value is -4.41. The lowest BCUT2D eigenvalue weighted by atomic mass is 9.93. The van der Waals surface area contributed by atoms with Crippen LogP contribution in [0.25, 0.3) is 11.3 Å². The third kappa shape index (κ3) is 8.79. The van der Waals surface area contributed by atoms with E-state index in [-0.39, 0.29) is 53.5 Å². The molecule has 312 valence electrons. The Kier molecular flexibility index (Phi) is 11.5. The van der Waals surface area contributed by atoms with Crippen LogP contribution in [-0.2, 0) is 29.1 Å². The number of nitrogens with one attached hydrogen (secondary N) is 3. The topological polar surface area (TPSA) is 204 Å². The van der Waals surface area contributed by atoms with Crippen LogP contribution < -0.4 is 15.4 Å². The van der Waals surface area contributed by atoms with Gasteiger partial charge in [0.15, 0.2) is 5.75 Å². The quantitative estimate of drug-likeness (QED) is 0.298. The van der Waals surface area contributed by atoms with Crippen LogP contribution in [0.3, 0.4) is 0 Å². The normalized spacial score (nSPS) is 28.2. The second kappa shape index (κ2) is 16.0. The van der Waals surface area contributed by atoms with Gasteiger partial charge in [0.05, 0.1) is 21.0 Å². The van der Waals surface area contributed by atoms with Crippen molar-refractivity contribution in [2.24, 2.45) is 17.8 Å². The standard InChI is InChI=1S/C40H48Cl2N6O9S/c1-39(2,3)57-38(54)44-31-11-8-6-4-5-7-10-24-18-40(24,37(53)46-58(55,56)25-14-15-25)45-34(50)32-26-21-47(19-23(26)20-48(32)36(31)52)35(51)30-13-9-12-29(43-30)22-16-27(41)33(49)28(42)17-22/h7,9-10,12-13,16-17,23-26,31-32,49H,4-6,8,11,14-15,18-21H2,1-3H3,(H,44,54)(H,45,50)(H,46,53)/b10-7-/t23-,24+,26-,31-,32-,40+/m0/s1. The molecule has 4 heterocycles. The zero-order valence-electron chi connectivity index (χ0n) is 32.5. The van der Waals surface area contributed by atoms with Crippen molar-refractivity contribution in [2.75, 3.05) is 19.6 Å². The fourth-order valence-corrected chi connectivity index (χ4v) is 10.1. The van der Waals surface area contributed by atoms with Gasteiger partial charge in [-0.15, -0.1) is 0 Å². The fourth-order valence-electron chi connectivity index (χ4n) is 8.28. The number of rotatable bonds is 6. The summed E-state index contributed by atoms with van der Waals surface area (Å²) in [6, 6.07) is 5.66. The molecule has 0 unspecified atom stereocenters. The van der Waals surface area contributed by atoms with Crippen molar-refractivity contribution in [3.8, 4) is 17.0 Å². The van der Waals surface area contributed by atoms with Crippen LogP contribution in [0.4, 0.5) is 4.79 Å². The van der Waals surface area contributed by atoms with Gasteiger partial charge in [0.2, 0.25) is 21.8 Å². The van der Waals surface area contributed by atoms with Crippen LogP contribution in [0.5, 0.6) is 5.75 Å². The molecule has 18 heteroatoms. The van der Waals surface area contributed by atoms with Crippen LogP contribution in [0.2, 0.25) is 10.0 Å². The van der Waals surface area contributed by atoms with E-state index >= 15 is 0 Å². The number of alkyl carbamates (subject to hydrolysis) is 1. The van der Waals surface area contributed by atoms with E-state index in [1.165, 1.54) is 17.0 Å². The van der Waals surface area contributed by atoms with Crippen molar-refractivity contribution < 1.29 is 42.2 Å². The summed E-state index contributed by atoms with van der Waals surface area (Å²) in [5.41, 5.74) is -1.42. The third-order valence-corrected chi connectivity index (χ3v) is 13.9. The van der Waals surface area contributed by atoms with Gasteiger partial charge in [-0.2, -0.15) is 0 Å². The minimum absolute atomic E-state index is 0.0189. The van der Waals surface area contributed by atoms with Gasteiger partial charge in [-0.05, 0) is 83.6 Å². The minimum atomic E-state index is -3.94. The maximum absolute atomic E-state index is 14.7. The molecule has 4 N–H and O–H groups in total. The molecule has 2 aliphatic carbocycles. The Morgan fingerprint density at radius 2 is 1.74 bits per heavy atom. The molecule has 0 bridgehead atoms. The number of pyridine rings is 1. The molecule has 6 atom stereocenters. The molecule has 15 nitrogen and oxygen atoms in total. The van der Waals surface area contributed by atoms with Crippen molar-refractivity contribution >= 4 is 62.9 Å². The van der Waals surface area contributed by atoms with E-state index in [1.54, 1.807) is 43.9 Å². The number of sulfonamides is 1. The summed E-state index contributed by atoms with van der Waals surface area (Å²) < 4.78 is 33.5. The summed E-state index contributed by atoms with van der Waals surface area (Å²) in [6.45, 7) is 5.46. The highest BCUT2D eigenvalue weighted by atomic mass is 35.5. The SMILES string of the molecule is CC(C)(C)OC(=O)N[C@H]1CCCCC/C=C\[C@@H]2C[C@@]2(C(=O)NS(=O)(=O)C2CC2)NC(=O)[C@@H]2[C@H]3CN(C(=O)c4cccc(-c5cc(Cl)c(O)c(Cl)c5)n4)C[C@H]3CN2C1=O.